The van der Waals surface area contributed by atoms with Crippen LogP contribution in [0.3, 0.4) is 0 Å². The third-order valence-corrected chi connectivity index (χ3v) is 0. The average Bonchev–Trinajstić information content (AvgIpc) is 0.918. The van der Waals surface area contributed by atoms with E-state index in [1.54, 1.807) is 0 Å². The topological polar surface area (TPSA) is 54.1 Å². The number of nitrogens with one attached hydrogen (secondary N) is 1. The van der Waals surface area contributed by atoms with Crippen LogP contribution in [0.5, 0.6) is 0 Å². The quantitative estimate of drug-likeness (QED) is 0.392. The first-order chi connectivity index (χ1) is 1.41. The third kappa shape index (κ3) is 12.7. The molecule has 3 nitrogen and oxygen atoms in total. The summed E-state index contributed by atoms with van der Waals surface area (Å²) in [4.78, 5) is 8.12. The zero-order valence-electron chi connectivity index (χ0n) is 1.58. The molecule has 0 aliphatic heterocycles. The summed E-state index contributed by atoms with van der Waals surface area (Å²) in [5.74, 6) is 0. The van der Waals surface area contributed by atoms with E-state index in [9.17, 15) is 0 Å². The Labute approximate surface area is 61.6 Å². The van der Waals surface area contributed by atoms with Crippen LogP contribution in [0.15, 0.2) is 0 Å². The van der Waals surface area contributed by atoms with Crippen molar-refractivity contribution >= 4 is 0 Å². The van der Waals surface area contributed by atoms with Gasteiger partial charge in [-0.25, -0.2) is 0 Å². The van der Waals surface area contributed by atoms with E-state index in [1.807, 2.05) is 0 Å². The van der Waals surface area contributed by atoms with Gasteiger partial charge in [0.05, 0.1) is 0 Å². The molecule has 0 radical (unpaired) electrons. The minimum atomic E-state index is 0. The summed E-state index contributed by atoms with van der Waals surface area (Å²) in [6, 6.07) is 0. The number of hydrogen-bond acceptors (Lipinski definition) is 2. The maximum atomic E-state index is 8.12. The van der Waals surface area contributed by atoms with E-state index in [1.165, 1.54) is 0 Å². The van der Waals surface area contributed by atoms with Crippen LogP contribution in [0, 0.1) is 57.0 Å². The van der Waals surface area contributed by atoms with Gasteiger partial charge in [0.25, 0.3) is 0 Å². The monoisotopic (exact) mass is 221 g/mol. The van der Waals surface area contributed by atoms with Gasteiger partial charge < -0.3 is 0 Å². The van der Waals surface area contributed by atoms with Gasteiger partial charge in [-0.05, 0) is 0 Å². The predicted octanol–water partition coefficient (Wildman–Crippen LogP) is -1.67. The van der Waals surface area contributed by atoms with Gasteiger partial charge in [0.15, 0.2) is 0 Å². The van der Waals surface area contributed by atoms with E-state index in [4.69, 9.17) is 10.1 Å². The van der Waals surface area contributed by atoms with Crippen molar-refractivity contribution < 1.29 is 52.3 Å². The zero-order chi connectivity index (χ0) is 2.71. The molecule has 0 atom stereocenters. The van der Waals surface area contributed by atoms with Gasteiger partial charge in [0.2, 0.25) is 0 Å². The van der Waals surface area contributed by atoms with Crippen molar-refractivity contribution in [3.05, 3.63) is 10.1 Å². The molecule has 0 bridgehead atoms. The summed E-state index contributed by atoms with van der Waals surface area (Å²) in [7, 11) is 0. The molecule has 0 aliphatic carbocycles. The molecular formula is HNO2Yb. The van der Waals surface area contributed by atoms with Crippen molar-refractivity contribution in [2.45, 2.75) is 0 Å². The predicted molar refractivity (Wildman–Crippen MR) is 7.70 cm³/mol. The number of rotatable bonds is 0. The molecule has 0 heterocycles. The van der Waals surface area contributed by atoms with E-state index >= 15 is 0 Å². The van der Waals surface area contributed by atoms with E-state index in [2.05, 4.69) is 0 Å². The molecule has 0 spiro atoms. The molecule has 0 saturated heterocycles. The number of hydrogen-bond donors (Lipinski definition) is 1. The first-order valence-corrected chi connectivity index (χ1v) is 0.408. The second kappa shape index (κ2) is 9.07. The van der Waals surface area contributed by atoms with E-state index in [0.29, 0.717) is 0 Å². The maximum absolute atomic E-state index is 8.12. The smallest absolute Gasteiger partial charge is 0.00366 e. The molecule has 0 aromatic heterocycles. The first kappa shape index (κ1) is 8.87. The molecule has 0 aliphatic rings. The van der Waals surface area contributed by atoms with Gasteiger partial charge in [-0.1, -0.05) is 0 Å². The summed E-state index contributed by atoms with van der Waals surface area (Å²) >= 11 is 0. The van der Waals surface area contributed by atoms with Gasteiger partial charge in [-0.3, -0.25) is 10.1 Å². The molecule has 4 heavy (non-hydrogen) atoms. The molecule has 0 amide bonds. The Morgan fingerprint density at radius 2 is 1.75 bits per heavy atom. The van der Waals surface area contributed by atoms with Crippen molar-refractivity contribution in [3.8, 4) is 0 Å². The first-order valence-electron chi connectivity index (χ1n) is 0.408. The fourth-order valence-electron chi connectivity index (χ4n) is 0. The van der Waals surface area contributed by atoms with Crippen LogP contribution < -0.4 is 5.34 Å². The Morgan fingerprint density at radius 3 is 1.75 bits per heavy atom. The fraction of sp³-hybridized carbons (Fsp3) is 0. The van der Waals surface area contributed by atoms with Crippen molar-refractivity contribution in [1.82, 2.24) is 0 Å². The average molecular weight is 220 g/mol. The minimum absolute atomic E-state index is 0. The summed E-state index contributed by atoms with van der Waals surface area (Å²) in [5, 5.41) is 8.38. The van der Waals surface area contributed by atoms with Crippen LogP contribution in [0.4, 0.5) is 0 Å². The zero-order valence-corrected chi connectivity index (χ0v) is 3.30. The molecule has 0 fully saturated rings. The summed E-state index contributed by atoms with van der Waals surface area (Å²) < 4.78 is 0. The van der Waals surface area contributed by atoms with E-state index in [0.717, 1.165) is 0 Å². The molecule has 32 valence electrons. The second-order valence-corrected chi connectivity index (χ2v) is 0.0833. The molecule has 1 N–H and O–H groups in total. The molecule has 0 rings (SSSR count). The Hall–Kier alpha value is 0.919. The normalized spacial score (nSPS) is 3.00. The summed E-state index contributed by atoms with van der Waals surface area (Å²) in [6.07, 6.45) is 0. The van der Waals surface area contributed by atoms with Crippen molar-refractivity contribution in [2.75, 3.05) is 0 Å². The van der Waals surface area contributed by atoms with E-state index < -0.39 is 0 Å². The Balaban J connectivity index is 0. The molecule has 0 aromatic carbocycles. The van der Waals surface area contributed by atoms with Crippen LogP contribution in [0.2, 0.25) is 0 Å². The van der Waals surface area contributed by atoms with Gasteiger partial charge in [-0.2, -0.15) is 0 Å². The third-order valence-electron chi connectivity index (χ3n) is 0. The van der Waals surface area contributed by atoms with Crippen molar-refractivity contribution in [2.24, 2.45) is 0 Å². The molecule has 0 unspecified atom stereocenters. The van der Waals surface area contributed by atoms with Gasteiger partial charge in [-0.15, -0.1) is 0 Å². The van der Waals surface area contributed by atoms with E-state index in [-0.39, 0.29) is 52.3 Å². The largest absolute Gasteiger partial charge is 0.267 e. The maximum Gasteiger partial charge on any atom is 0.00366 e. The van der Waals surface area contributed by atoms with Gasteiger partial charge in [0, 0.05) is 52.3 Å². The molecule has 0 saturated carbocycles. The van der Waals surface area contributed by atoms with Crippen LogP contribution in [0.25, 0.3) is 0 Å². The Bertz CT molecular complexity index is 13.5. The fourth-order valence-corrected chi connectivity index (χ4v) is 0. The molecular weight excluding hydrogens is 219 g/mol. The molecule has 4 heteroatoms. The standard InChI is InChI=1S/HNO2.Yb/c2-1-3;/h1H;. The molecule has 0 aromatic rings. The Morgan fingerprint density at radius 1 is 1.75 bits per heavy atom. The van der Waals surface area contributed by atoms with Crippen molar-refractivity contribution in [1.29, 1.82) is 0 Å². The Kier molecular flexibility index (Phi) is 20.1. The summed E-state index contributed by atoms with van der Waals surface area (Å²) in [6.45, 7) is 0. The van der Waals surface area contributed by atoms with Crippen molar-refractivity contribution in [3.63, 3.8) is 0 Å². The second-order valence-electron chi connectivity index (χ2n) is 0.0833. The SMILES string of the molecule is O=[NH+][O-].[Yb]. The van der Waals surface area contributed by atoms with Gasteiger partial charge in [0.1, 0.15) is 0 Å². The van der Waals surface area contributed by atoms with Gasteiger partial charge >= 0.3 is 0 Å². The minimum Gasteiger partial charge on any atom is -0.267 e. The van der Waals surface area contributed by atoms with Crippen LogP contribution >= 0.6 is 0 Å². The summed E-state index contributed by atoms with van der Waals surface area (Å²) in [5.41, 5.74) is 0. The van der Waals surface area contributed by atoms with Crippen LogP contribution in [-0.2, 0) is 0 Å². The van der Waals surface area contributed by atoms with Crippen LogP contribution in [0.1, 0.15) is 0 Å². The van der Waals surface area contributed by atoms with Crippen LogP contribution in [-0.4, -0.2) is 0 Å².